The van der Waals surface area contributed by atoms with E-state index in [9.17, 15) is 4.79 Å². The van der Waals surface area contributed by atoms with Crippen LogP contribution in [-0.4, -0.2) is 42.7 Å². The fourth-order valence-electron chi connectivity index (χ4n) is 2.61. The molecule has 0 saturated carbocycles. The van der Waals surface area contributed by atoms with Gasteiger partial charge in [-0.05, 0) is 56.6 Å². The number of amides is 1. The van der Waals surface area contributed by atoms with Crippen LogP contribution in [0.1, 0.15) is 31.2 Å². The predicted octanol–water partition coefficient (Wildman–Crippen LogP) is 3.57. The molecule has 3 nitrogen and oxygen atoms in total. The lowest BCUT2D eigenvalue weighted by Gasteiger charge is -2.26. The molecular weight excluding hydrogens is 316 g/mol. The van der Waals surface area contributed by atoms with Crippen molar-refractivity contribution in [2.45, 2.75) is 31.4 Å². The molecule has 1 aromatic rings. The van der Waals surface area contributed by atoms with Gasteiger partial charge in [0.05, 0.1) is 5.75 Å². The van der Waals surface area contributed by atoms with Gasteiger partial charge in [-0.1, -0.05) is 30.2 Å². The molecule has 1 N–H and O–H groups in total. The van der Waals surface area contributed by atoms with Crippen molar-refractivity contribution < 1.29 is 4.79 Å². The fraction of sp³-hybridized carbons (Fsp3) is 0.588. The summed E-state index contributed by atoms with van der Waals surface area (Å²) in [6.07, 6.45) is 5.08. The molecule has 0 unspecified atom stereocenters. The van der Waals surface area contributed by atoms with Crippen LogP contribution < -0.4 is 5.32 Å². The van der Waals surface area contributed by atoms with Crippen LogP contribution in [0.3, 0.4) is 0 Å². The largest absolute Gasteiger partial charge is 0.355 e. The predicted molar refractivity (Wildman–Crippen MR) is 95.5 cm³/mol. The van der Waals surface area contributed by atoms with Crippen molar-refractivity contribution in [3.05, 3.63) is 34.9 Å². The van der Waals surface area contributed by atoms with E-state index in [1.54, 1.807) is 11.8 Å². The van der Waals surface area contributed by atoms with E-state index in [1.165, 1.54) is 37.9 Å². The number of halogens is 1. The molecule has 2 rings (SSSR count). The lowest BCUT2D eigenvalue weighted by molar-refractivity contribution is -0.118. The minimum Gasteiger partial charge on any atom is -0.355 e. The number of rotatable bonds is 8. The molecule has 1 heterocycles. The number of nitrogens with one attached hydrogen (secondary N) is 1. The minimum absolute atomic E-state index is 0.137. The molecule has 0 atom stereocenters. The van der Waals surface area contributed by atoms with Gasteiger partial charge in [-0.15, -0.1) is 11.8 Å². The van der Waals surface area contributed by atoms with Gasteiger partial charge in [-0.3, -0.25) is 4.79 Å². The molecular formula is C17H25ClN2OS. The van der Waals surface area contributed by atoms with Crippen LogP contribution in [0.4, 0.5) is 0 Å². The molecule has 5 heteroatoms. The fourth-order valence-corrected chi connectivity index (χ4v) is 3.55. The van der Waals surface area contributed by atoms with Crippen LogP contribution >= 0.6 is 23.4 Å². The van der Waals surface area contributed by atoms with Gasteiger partial charge >= 0.3 is 0 Å². The Labute approximate surface area is 142 Å². The van der Waals surface area contributed by atoms with Gasteiger partial charge in [0.1, 0.15) is 0 Å². The zero-order chi connectivity index (χ0) is 15.6. The summed E-state index contributed by atoms with van der Waals surface area (Å²) in [5.41, 5.74) is 1.20. The summed E-state index contributed by atoms with van der Waals surface area (Å²) in [7, 11) is 0. The standard InChI is InChI=1S/C17H25ClN2OS/c18-16-7-5-15(6-8-16)13-22-14-17(21)19-9-4-12-20-10-2-1-3-11-20/h5-8H,1-4,9-14H2,(H,19,21). The first-order chi connectivity index (χ1) is 10.7. The number of likely N-dealkylation sites (tertiary alicyclic amines) is 1. The van der Waals surface area contributed by atoms with Gasteiger partial charge in [-0.2, -0.15) is 0 Å². The molecule has 0 aliphatic carbocycles. The van der Waals surface area contributed by atoms with Crippen molar-refractivity contribution in [2.75, 3.05) is 31.9 Å². The Morgan fingerprint density at radius 3 is 2.64 bits per heavy atom. The summed E-state index contributed by atoms with van der Waals surface area (Å²) < 4.78 is 0. The number of benzene rings is 1. The number of hydrogen-bond donors (Lipinski definition) is 1. The van der Waals surface area contributed by atoms with E-state index in [0.29, 0.717) is 5.75 Å². The molecule has 0 aromatic heterocycles. The highest BCUT2D eigenvalue weighted by Gasteiger charge is 2.09. The number of nitrogens with zero attached hydrogens (tertiary/aromatic N) is 1. The van der Waals surface area contributed by atoms with E-state index in [-0.39, 0.29) is 5.91 Å². The molecule has 1 amide bonds. The first kappa shape index (κ1) is 17.6. The van der Waals surface area contributed by atoms with Crippen molar-refractivity contribution in [3.63, 3.8) is 0 Å². The van der Waals surface area contributed by atoms with Gasteiger partial charge in [0.2, 0.25) is 5.91 Å². The summed E-state index contributed by atoms with van der Waals surface area (Å²) in [5.74, 6) is 1.50. The summed E-state index contributed by atoms with van der Waals surface area (Å²) in [6.45, 7) is 4.35. The maximum atomic E-state index is 11.8. The van der Waals surface area contributed by atoms with Crippen LogP contribution in [0.5, 0.6) is 0 Å². The Morgan fingerprint density at radius 1 is 1.18 bits per heavy atom. The maximum absolute atomic E-state index is 11.8. The zero-order valence-electron chi connectivity index (χ0n) is 13.0. The van der Waals surface area contributed by atoms with Crippen molar-refractivity contribution in [2.24, 2.45) is 0 Å². The molecule has 1 aliphatic heterocycles. The van der Waals surface area contributed by atoms with Crippen LogP contribution in [0.25, 0.3) is 0 Å². The molecule has 0 bridgehead atoms. The van der Waals surface area contributed by atoms with Gasteiger partial charge in [0, 0.05) is 17.3 Å². The molecule has 1 saturated heterocycles. The van der Waals surface area contributed by atoms with Gasteiger partial charge in [0.15, 0.2) is 0 Å². The second-order valence-electron chi connectivity index (χ2n) is 5.73. The number of hydrogen-bond acceptors (Lipinski definition) is 3. The first-order valence-electron chi connectivity index (χ1n) is 8.05. The van der Waals surface area contributed by atoms with Crippen molar-refractivity contribution in [1.82, 2.24) is 10.2 Å². The van der Waals surface area contributed by atoms with Crippen molar-refractivity contribution in [3.8, 4) is 0 Å². The third kappa shape index (κ3) is 7.03. The highest BCUT2D eigenvalue weighted by molar-refractivity contribution is 7.99. The van der Waals surface area contributed by atoms with Crippen LogP contribution in [0.2, 0.25) is 5.02 Å². The summed E-state index contributed by atoms with van der Waals surface area (Å²) in [6, 6.07) is 7.79. The summed E-state index contributed by atoms with van der Waals surface area (Å²) in [5, 5.41) is 3.76. The second kappa shape index (κ2) is 10.1. The smallest absolute Gasteiger partial charge is 0.230 e. The Bertz CT molecular complexity index is 446. The Balaban J connectivity index is 1.49. The SMILES string of the molecule is O=C(CSCc1ccc(Cl)cc1)NCCCN1CCCCC1. The van der Waals surface area contributed by atoms with E-state index < -0.39 is 0 Å². The average molecular weight is 341 g/mol. The number of thioether (sulfide) groups is 1. The van der Waals surface area contributed by atoms with E-state index in [0.717, 1.165) is 30.3 Å². The normalized spacial score (nSPS) is 15.7. The third-order valence-electron chi connectivity index (χ3n) is 3.84. The zero-order valence-corrected chi connectivity index (χ0v) is 14.6. The van der Waals surface area contributed by atoms with Gasteiger partial charge in [0.25, 0.3) is 0 Å². The van der Waals surface area contributed by atoms with Crippen molar-refractivity contribution in [1.29, 1.82) is 0 Å². The summed E-state index contributed by atoms with van der Waals surface area (Å²) in [4.78, 5) is 14.3. The highest BCUT2D eigenvalue weighted by atomic mass is 35.5. The number of piperidine rings is 1. The number of carbonyl (C=O) groups is 1. The Hall–Kier alpha value is -0.710. The van der Waals surface area contributed by atoms with Crippen molar-refractivity contribution >= 4 is 29.3 Å². The molecule has 1 fully saturated rings. The van der Waals surface area contributed by atoms with Crippen LogP contribution in [0.15, 0.2) is 24.3 Å². The molecule has 22 heavy (non-hydrogen) atoms. The van der Waals surface area contributed by atoms with E-state index in [4.69, 9.17) is 11.6 Å². The minimum atomic E-state index is 0.137. The Kier molecular flexibility index (Phi) is 8.13. The molecule has 0 radical (unpaired) electrons. The molecule has 1 aromatic carbocycles. The average Bonchev–Trinajstić information content (AvgIpc) is 2.54. The van der Waals surface area contributed by atoms with Crippen LogP contribution in [0, 0.1) is 0 Å². The first-order valence-corrected chi connectivity index (χ1v) is 9.58. The lowest BCUT2D eigenvalue weighted by atomic mass is 10.1. The van der Waals surface area contributed by atoms with E-state index in [2.05, 4.69) is 10.2 Å². The molecule has 0 spiro atoms. The topological polar surface area (TPSA) is 32.3 Å². The molecule has 122 valence electrons. The third-order valence-corrected chi connectivity index (χ3v) is 5.09. The number of carbonyl (C=O) groups excluding carboxylic acids is 1. The molecule has 1 aliphatic rings. The van der Waals surface area contributed by atoms with Crippen LogP contribution in [-0.2, 0) is 10.5 Å². The van der Waals surface area contributed by atoms with E-state index in [1.807, 2.05) is 24.3 Å². The maximum Gasteiger partial charge on any atom is 0.230 e. The summed E-state index contributed by atoms with van der Waals surface area (Å²) >= 11 is 7.49. The van der Waals surface area contributed by atoms with E-state index >= 15 is 0 Å². The monoisotopic (exact) mass is 340 g/mol. The van der Waals surface area contributed by atoms with Gasteiger partial charge < -0.3 is 10.2 Å². The Morgan fingerprint density at radius 2 is 1.91 bits per heavy atom. The highest BCUT2D eigenvalue weighted by Crippen LogP contribution is 2.15. The lowest BCUT2D eigenvalue weighted by Crippen LogP contribution is -2.33. The second-order valence-corrected chi connectivity index (χ2v) is 7.15. The quantitative estimate of drug-likeness (QED) is 0.734. The van der Waals surface area contributed by atoms with Gasteiger partial charge in [-0.25, -0.2) is 0 Å².